The van der Waals surface area contributed by atoms with Crippen molar-refractivity contribution in [1.29, 1.82) is 0 Å². The lowest BCUT2D eigenvalue weighted by Crippen LogP contribution is -2.39. The number of benzene rings is 2. The van der Waals surface area contributed by atoms with Crippen LogP contribution in [0.15, 0.2) is 76.9 Å². The molecular weight excluding hydrogens is 490 g/mol. The Morgan fingerprint density at radius 2 is 1.68 bits per heavy atom. The Labute approximate surface area is 218 Å². The Bertz CT molecular complexity index is 1510. The number of hydrogen-bond acceptors (Lipinski definition) is 5. The Kier molecular flexibility index (Phi) is 5.35. The fourth-order valence-electron chi connectivity index (χ4n) is 6.40. The summed E-state index contributed by atoms with van der Waals surface area (Å²) in [4.78, 5) is 55.2. The van der Waals surface area contributed by atoms with E-state index in [0.29, 0.717) is 33.9 Å². The number of phenolic OH excluding ortho intramolecular Hbond substituents is 1. The second-order valence-corrected chi connectivity index (χ2v) is 10.7. The number of aromatic hydroxyl groups is 1. The summed E-state index contributed by atoms with van der Waals surface area (Å²) in [6.45, 7) is 3.48. The van der Waals surface area contributed by atoms with Gasteiger partial charge in [0.2, 0.25) is 11.8 Å². The third-order valence-corrected chi connectivity index (χ3v) is 8.61. The van der Waals surface area contributed by atoms with Gasteiger partial charge in [0.25, 0.3) is 0 Å². The number of fused-ring (bicyclic) bond motifs is 3. The van der Waals surface area contributed by atoms with Crippen LogP contribution < -0.4 is 4.90 Å². The standard InChI is InChI=1S/C30H24ClNO5/c1-14-3-6-17(12-23(14)31)32-29(36)20-10-9-19-21(26(20)30(32)37)13-22-27(24(34)11-15(2)28(22)35)25(19)16-4-7-18(33)8-5-16/h3-9,11-12,20-21,25-26,33H,10,13H2,1-2H3. The van der Waals surface area contributed by atoms with Crippen molar-refractivity contribution >= 4 is 40.7 Å². The number of carbonyl (C=O) groups is 4. The van der Waals surface area contributed by atoms with E-state index in [9.17, 15) is 24.3 Å². The minimum absolute atomic E-state index is 0.0914. The normalized spacial score (nSPS) is 27.1. The van der Waals surface area contributed by atoms with Crippen molar-refractivity contribution in [3.63, 3.8) is 0 Å². The first-order chi connectivity index (χ1) is 17.7. The molecule has 186 valence electrons. The summed E-state index contributed by atoms with van der Waals surface area (Å²) in [5, 5.41) is 10.3. The highest BCUT2D eigenvalue weighted by atomic mass is 35.5. The van der Waals surface area contributed by atoms with Crippen LogP contribution in [0.3, 0.4) is 0 Å². The number of hydrogen-bond donors (Lipinski definition) is 1. The largest absolute Gasteiger partial charge is 0.508 e. The molecule has 6 rings (SSSR count). The molecule has 1 fully saturated rings. The molecule has 0 bridgehead atoms. The van der Waals surface area contributed by atoms with E-state index < -0.39 is 23.7 Å². The average molecular weight is 514 g/mol. The van der Waals surface area contributed by atoms with E-state index in [2.05, 4.69) is 0 Å². The molecule has 1 N–H and O–H groups in total. The van der Waals surface area contributed by atoms with Gasteiger partial charge in [-0.2, -0.15) is 0 Å². The molecule has 4 unspecified atom stereocenters. The van der Waals surface area contributed by atoms with Crippen LogP contribution in [0.4, 0.5) is 5.69 Å². The number of anilines is 1. The molecule has 37 heavy (non-hydrogen) atoms. The first kappa shape index (κ1) is 23.6. The number of Topliss-reactive ketones (excluding diaryl/α,β-unsaturated/α-hetero) is 1. The lowest BCUT2D eigenvalue weighted by Gasteiger charge is -2.42. The number of phenols is 1. The molecule has 4 aliphatic rings. The van der Waals surface area contributed by atoms with Gasteiger partial charge in [0.15, 0.2) is 11.6 Å². The van der Waals surface area contributed by atoms with E-state index in [0.717, 1.165) is 16.7 Å². The van der Waals surface area contributed by atoms with Crippen LogP contribution in [0, 0.1) is 24.7 Å². The molecule has 2 aromatic carbocycles. The van der Waals surface area contributed by atoms with Gasteiger partial charge in [0, 0.05) is 27.7 Å². The van der Waals surface area contributed by atoms with Crippen LogP contribution in [0.2, 0.25) is 5.02 Å². The maximum Gasteiger partial charge on any atom is 0.238 e. The predicted molar refractivity (Wildman–Crippen MR) is 138 cm³/mol. The first-order valence-corrected chi connectivity index (χ1v) is 12.7. The monoisotopic (exact) mass is 513 g/mol. The molecule has 1 aliphatic heterocycles. The van der Waals surface area contributed by atoms with Crippen LogP contribution in [-0.4, -0.2) is 28.5 Å². The summed E-state index contributed by atoms with van der Waals surface area (Å²) in [6.07, 6.45) is 3.96. The lowest BCUT2D eigenvalue weighted by atomic mass is 9.59. The minimum atomic E-state index is -0.643. The number of rotatable bonds is 2. The predicted octanol–water partition coefficient (Wildman–Crippen LogP) is 4.99. The third kappa shape index (κ3) is 3.46. The van der Waals surface area contributed by atoms with Gasteiger partial charge in [0.05, 0.1) is 17.5 Å². The van der Waals surface area contributed by atoms with Gasteiger partial charge in [-0.25, -0.2) is 4.90 Å². The molecule has 0 saturated carbocycles. The number of allylic oxidation sites excluding steroid dienone is 6. The van der Waals surface area contributed by atoms with E-state index in [1.54, 1.807) is 49.4 Å². The molecule has 2 amide bonds. The Balaban J connectivity index is 1.47. The van der Waals surface area contributed by atoms with Crippen LogP contribution in [-0.2, 0) is 19.2 Å². The van der Waals surface area contributed by atoms with Gasteiger partial charge in [-0.3, -0.25) is 19.2 Å². The van der Waals surface area contributed by atoms with Gasteiger partial charge in [-0.15, -0.1) is 0 Å². The third-order valence-electron chi connectivity index (χ3n) is 8.20. The summed E-state index contributed by atoms with van der Waals surface area (Å²) in [5.41, 5.74) is 4.15. The number of aryl methyl sites for hydroxylation is 1. The molecule has 0 spiro atoms. The number of imide groups is 1. The van der Waals surface area contributed by atoms with E-state index >= 15 is 0 Å². The van der Waals surface area contributed by atoms with Crippen LogP contribution in [0.25, 0.3) is 0 Å². The Morgan fingerprint density at radius 1 is 0.946 bits per heavy atom. The maximum atomic E-state index is 13.9. The smallest absolute Gasteiger partial charge is 0.238 e. The van der Waals surface area contributed by atoms with Gasteiger partial charge in [-0.05, 0) is 74.1 Å². The lowest BCUT2D eigenvalue weighted by molar-refractivity contribution is -0.123. The van der Waals surface area contributed by atoms with E-state index in [1.165, 1.54) is 11.0 Å². The van der Waals surface area contributed by atoms with Crippen molar-refractivity contribution in [3.8, 4) is 5.75 Å². The zero-order chi connectivity index (χ0) is 26.2. The highest BCUT2D eigenvalue weighted by Crippen LogP contribution is 2.55. The van der Waals surface area contributed by atoms with Crippen molar-refractivity contribution < 1.29 is 24.3 Å². The number of carbonyl (C=O) groups excluding carboxylic acids is 4. The highest BCUT2D eigenvalue weighted by molar-refractivity contribution is 6.32. The van der Waals surface area contributed by atoms with Gasteiger partial charge >= 0.3 is 0 Å². The van der Waals surface area contributed by atoms with E-state index in [4.69, 9.17) is 11.6 Å². The SMILES string of the molecule is CC1=CC(=O)C2=C(CC3C(=CCC4C(=O)N(c5ccc(C)c(Cl)c5)C(=O)C43)C2c2ccc(O)cc2)C1=O. The molecular formula is C30H24ClNO5. The number of amides is 2. The minimum Gasteiger partial charge on any atom is -0.508 e. The fourth-order valence-corrected chi connectivity index (χ4v) is 6.58. The van der Waals surface area contributed by atoms with Gasteiger partial charge < -0.3 is 5.11 Å². The molecule has 1 saturated heterocycles. The first-order valence-electron chi connectivity index (χ1n) is 12.3. The summed E-state index contributed by atoms with van der Waals surface area (Å²) in [7, 11) is 0. The Hall–Kier alpha value is -3.77. The summed E-state index contributed by atoms with van der Waals surface area (Å²) >= 11 is 6.31. The molecule has 2 aromatic rings. The summed E-state index contributed by atoms with van der Waals surface area (Å²) < 4.78 is 0. The van der Waals surface area contributed by atoms with Gasteiger partial charge in [0.1, 0.15) is 5.75 Å². The van der Waals surface area contributed by atoms with Crippen LogP contribution >= 0.6 is 11.6 Å². The molecule has 6 nitrogen and oxygen atoms in total. The number of nitrogens with zero attached hydrogens (tertiary/aromatic N) is 1. The molecule has 1 heterocycles. The van der Waals surface area contributed by atoms with Crippen molar-refractivity contribution in [2.45, 2.75) is 32.6 Å². The zero-order valence-corrected chi connectivity index (χ0v) is 21.1. The van der Waals surface area contributed by atoms with Crippen molar-refractivity contribution in [1.82, 2.24) is 0 Å². The molecule has 7 heteroatoms. The number of ketones is 2. The quantitative estimate of drug-likeness (QED) is 0.347. The second kappa shape index (κ2) is 8.38. The van der Waals surface area contributed by atoms with Crippen molar-refractivity contribution in [3.05, 3.63) is 93.1 Å². The van der Waals surface area contributed by atoms with Crippen LogP contribution in [0.5, 0.6) is 5.75 Å². The average Bonchev–Trinajstić information content (AvgIpc) is 3.13. The van der Waals surface area contributed by atoms with E-state index in [-0.39, 0.29) is 35.6 Å². The molecule has 3 aliphatic carbocycles. The molecule has 0 aromatic heterocycles. The second-order valence-electron chi connectivity index (χ2n) is 10.3. The molecule has 4 atom stereocenters. The summed E-state index contributed by atoms with van der Waals surface area (Å²) in [6, 6.07) is 11.7. The van der Waals surface area contributed by atoms with E-state index in [1.807, 2.05) is 13.0 Å². The van der Waals surface area contributed by atoms with Crippen molar-refractivity contribution in [2.75, 3.05) is 4.90 Å². The van der Waals surface area contributed by atoms with Gasteiger partial charge in [-0.1, -0.05) is 41.4 Å². The van der Waals surface area contributed by atoms with Crippen molar-refractivity contribution in [2.24, 2.45) is 17.8 Å². The highest BCUT2D eigenvalue weighted by Gasteiger charge is 2.56. The maximum absolute atomic E-state index is 13.9. The molecule has 0 radical (unpaired) electrons. The fraction of sp³-hybridized carbons (Fsp3) is 0.267. The topological polar surface area (TPSA) is 91.8 Å². The number of halogens is 1. The zero-order valence-electron chi connectivity index (χ0n) is 20.3. The van der Waals surface area contributed by atoms with Crippen LogP contribution in [0.1, 0.15) is 36.8 Å². The summed E-state index contributed by atoms with van der Waals surface area (Å²) in [5.74, 6) is -3.01. The Morgan fingerprint density at radius 3 is 2.38 bits per heavy atom.